The predicted octanol–water partition coefficient (Wildman–Crippen LogP) is 0.222. The molecule has 0 aromatic carbocycles. The van der Waals surface area contributed by atoms with E-state index in [1.165, 1.54) is 0 Å². The van der Waals surface area contributed by atoms with Crippen molar-refractivity contribution in [3.8, 4) is 0 Å². The van der Waals surface area contributed by atoms with Gasteiger partial charge in [-0.1, -0.05) is 0 Å². The Morgan fingerprint density at radius 3 is 3.08 bits per heavy atom. The molecule has 0 aliphatic heterocycles. The van der Waals surface area contributed by atoms with E-state index in [1.54, 1.807) is 6.20 Å². The van der Waals surface area contributed by atoms with Gasteiger partial charge in [-0.2, -0.15) is 5.10 Å². The molecule has 0 radical (unpaired) electrons. The molecule has 5 heteroatoms. The van der Waals surface area contributed by atoms with Gasteiger partial charge in [0, 0.05) is 12.2 Å². The highest BCUT2D eigenvalue weighted by atomic mass is 15.1. The number of H-pyrrole nitrogens is 1. The maximum absolute atomic E-state index is 5.60. The number of rotatable bonds is 3. The minimum Gasteiger partial charge on any atom is -0.370 e. The molecule has 5 nitrogen and oxygen atoms in total. The first-order valence-corrected chi connectivity index (χ1v) is 4.23. The Kier molecular flexibility index (Phi) is 3.31. The van der Waals surface area contributed by atoms with Crippen LogP contribution in [-0.2, 0) is 6.54 Å². The molecule has 0 saturated carbocycles. The molecule has 0 atom stereocenters. The number of guanidine groups is 1. The lowest BCUT2D eigenvalue weighted by molar-refractivity contribution is 0.722. The summed E-state index contributed by atoms with van der Waals surface area (Å²) in [5, 5.41) is 9.61. The molecule has 1 rings (SSSR count). The first kappa shape index (κ1) is 9.57. The standard InChI is InChI=1S/C8H15N5/c1-6(2)12-8(9)10-5-7-3-4-11-13-7/h3-4,6H,5H2,1-2H3,(H,11,13)(H3,9,10,12). The third-order valence-electron chi connectivity index (χ3n) is 1.41. The summed E-state index contributed by atoms with van der Waals surface area (Å²) in [7, 11) is 0. The van der Waals surface area contributed by atoms with E-state index in [0.29, 0.717) is 18.5 Å². The van der Waals surface area contributed by atoms with Gasteiger partial charge in [-0.15, -0.1) is 0 Å². The summed E-state index contributed by atoms with van der Waals surface area (Å²) in [5.74, 6) is 0.463. The molecule has 72 valence electrons. The first-order valence-electron chi connectivity index (χ1n) is 4.23. The van der Waals surface area contributed by atoms with Crippen molar-refractivity contribution < 1.29 is 0 Å². The highest BCUT2D eigenvalue weighted by Crippen LogP contribution is 1.93. The van der Waals surface area contributed by atoms with Crippen molar-refractivity contribution in [1.29, 1.82) is 0 Å². The van der Waals surface area contributed by atoms with Crippen LogP contribution < -0.4 is 11.1 Å². The van der Waals surface area contributed by atoms with Crippen LogP contribution in [0.25, 0.3) is 0 Å². The second-order valence-corrected chi connectivity index (χ2v) is 3.08. The lowest BCUT2D eigenvalue weighted by Crippen LogP contribution is -2.36. The molecule has 0 aliphatic rings. The molecule has 0 amide bonds. The van der Waals surface area contributed by atoms with Gasteiger partial charge in [0.2, 0.25) is 0 Å². The normalized spacial score (nSPS) is 12.1. The zero-order valence-electron chi connectivity index (χ0n) is 7.91. The third kappa shape index (κ3) is 3.59. The molecule has 0 fully saturated rings. The average molecular weight is 181 g/mol. The van der Waals surface area contributed by atoms with E-state index in [0.717, 1.165) is 5.69 Å². The molecule has 0 spiro atoms. The van der Waals surface area contributed by atoms with Gasteiger partial charge in [0.25, 0.3) is 0 Å². The van der Waals surface area contributed by atoms with Crippen molar-refractivity contribution in [2.45, 2.75) is 26.4 Å². The molecular weight excluding hydrogens is 166 g/mol. The lowest BCUT2D eigenvalue weighted by atomic mass is 10.4. The molecule has 4 N–H and O–H groups in total. The van der Waals surface area contributed by atoms with E-state index in [9.17, 15) is 0 Å². The van der Waals surface area contributed by atoms with Gasteiger partial charge in [0.15, 0.2) is 5.96 Å². The summed E-state index contributed by atoms with van der Waals surface area (Å²) < 4.78 is 0. The van der Waals surface area contributed by atoms with Gasteiger partial charge in [-0.05, 0) is 19.9 Å². The van der Waals surface area contributed by atoms with Crippen LogP contribution in [0.1, 0.15) is 19.5 Å². The fourth-order valence-electron chi connectivity index (χ4n) is 0.885. The van der Waals surface area contributed by atoms with Crippen molar-refractivity contribution in [2.24, 2.45) is 10.7 Å². The zero-order valence-corrected chi connectivity index (χ0v) is 7.91. The number of nitrogens with one attached hydrogen (secondary N) is 2. The van der Waals surface area contributed by atoms with Crippen LogP contribution in [-0.4, -0.2) is 22.2 Å². The lowest BCUT2D eigenvalue weighted by Gasteiger charge is -2.07. The number of aromatic amines is 1. The Morgan fingerprint density at radius 1 is 1.77 bits per heavy atom. The van der Waals surface area contributed by atoms with Crippen molar-refractivity contribution in [3.05, 3.63) is 18.0 Å². The number of nitrogens with two attached hydrogens (primary N) is 1. The molecule has 0 bridgehead atoms. The topological polar surface area (TPSA) is 79.1 Å². The Labute approximate surface area is 77.4 Å². The third-order valence-corrected chi connectivity index (χ3v) is 1.41. The zero-order chi connectivity index (χ0) is 9.68. The van der Waals surface area contributed by atoms with E-state index < -0.39 is 0 Å². The molecular formula is C8H15N5. The summed E-state index contributed by atoms with van der Waals surface area (Å²) >= 11 is 0. The molecule has 0 aliphatic carbocycles. The number of hydrogen-bond donors (Lipinski definition) is 3. The maximum Gasteiger partial charge on any atom is 0.189 e. The fraction of sp³-hybridized carbons (Fsp3) is 0.500. The van der Waals surface area contributed by atoms with Crippen molar-refractivity contribution in [2.75, 3.05) is 0 Å². The number of aromatic nitrogens is 2. The second-order valence-electron chi connectivity index (χ2n) is 3.08. The SMILES string of the molecule is CC(C)NC(N)=NCc1ccn[nH]1. The Balaban J connectivity index is 2.39. The molecule has 0 unspecified atom stereocenters. The van der Waals surface area contributed by atoms with E-state index in [-0.39, 0.29) is 0 Å². The van der Waals surface area contributed by atoms with E-state index in [4.69, 9.17) is 5.73 Å². The van der Waals surface area contributed by atoms with E-state index in [1.807, 2.05) is 19.9 Å². The first-order chi connectivity index (χ1) is 6.18. The average Bonchev–Trinajstić information content (AvgIpc) is 2.51. The quantitative estimate of drug-likeness (QED) is 0.461. The number of aliphatic imine (C=N–C) groups is 1. The van der Waals surface area contributed by atoms with Crippen molar-refractivity contribution >= 4 is 5.96 Å². The molecule has 0 saturated heterocycles. The van der Waals surface area contributed by atoms with E-state index >= 15 is 0 Å². The minimum absolute atomic E-state index is 0.311. The number of hydrogen-bond acceptors (Lipinski definition) is 2. The van der Waals surface area contributed by atoms with Gasteiger partial charge in [0.1, 0.15) is 0 Å². The maximum atomic E-state index is 5.60. The van der Waals surface area contributed by atoms with Gasteiger partial charge in [-0.25, -0.2) is 4.99 Å². The van der Waals surface area contributed by atoms with Crippen LogP contribution in [0.2, 0.25) is 0 Å². The minimum atomic E-state index is 0.311. The summed E-state index contributed by atoms with van der Waals surface area (Å²) in [4.78, 5) is 4.12. The van der Waals surface area contributed by atoms with Crippen LogP contribution in [0.5, 0.6) is 0 Å². The van der Waals surface area contributed by atoms with Crippen LogP contribution in [0.3, 0.4) is 0 Å². The Morgan fingerprint density at radius 2 is 2.54 bits per heavy atom. The Hall–Kier alpha value is -1.52. The van der Waals surface area contributed by atoms with E-state index in [2.05, 4.69) is 20.5 Å². The van der Waals surface area contributed by atoms with Gasteiger partial charge >= 0.3 is 0 Å². The van der Waals surface area contributed by atoms with Crippen molar-refractivity contribution in [3.63, 3.8) is 0 Å². The van der Waals surface area contributed by atoms with Gasteiger partial charge < -0.3 is 11.1 Å². The second kappa shape index (κ2) is 4.49. The molecule has 1 aromatic rings. The highest BCUT2D eigenvalue weighted by Gasteiger charge is 1.95. The van der Waals surface area contributed by atoms with Gasteiger partial charge in [-0.3, -0.25) is 5.10 Å². The fourth-order valence-corrected chi connectivity index (χ4v) is 0.885. The van der Waals surface area contributed by atoms with Crippen LogP contribution in [0, 0.1) is 0 Å². The van der Waals surface area contributed by atoms with Crippen LogP contribution in [0.15, 0.2) is 17.3 Å². The van der Waals surface area contributed by atoms with Crippen molar-refractivity contribution in [1.82, 2.24) is 15.5 Å². The summed E-state index contributed by atoms with van der Waals surface area (Å²) in [6.07, 6.45) is 1.69. The predicted molar refractivity (Wildman–Crippen MR) is 52.2 cm³/mol. The molecule has 1 aromatic heterocycles. The molecule has 13 heavy (non-hydrogen) atoms. The largest absolute Gasteiger partial charge is 0.370 e. The Bertz CT molecular complexity index is 262. The van der Waals surface area contributed by atoms with Gasteiger partial charge in [0.05, 0.1) is 12.2 Å². The molecule has 1 heterocycles. The number of nitrogens with zero attached hydrogens (tertiary/aromatic N) is 2. The summed E-state index contributed by atoms with van der Waals surface area (Å²) in [6.45, 7) is 4.56. The smallest absolute Gasteiger partial charge is 0.189 e. The van der Waals surface area contributed by atoms with Crippen LogP contribution >= 0.6 is 0 Å². The summed E-state index contributed by atoms with van der Waals surface area (Å²) in [6, 6.07) is 2.18. The highest BCUT2D eigenvalue weighted by molar-refractivity contribution is 5.77. The van der Waals surface area contributed by atoms with Crippen LogP contribution in [0.4, 0.5) is 0 Å². The monoisotopic (exact) mass is 181 g/mol. The summed E-state index contributed by atoms with van der Waals surface area (Å²) in [5.41, 5.74) is 6.55.